The highest BCUT2D eigenvalue weighted by Gasteiger charge is 2.34. The number of aromatic nitrogens is 4. The Bertz CT molecular complexity index is 1920. The van der Waals surface area contributed by atoms with Gasteiger partial charge in [-0.25, -0.2) is 14.5 Å². The van der Waals surface area contributed by atoms with Gasteiger partial charge in [0.05, 0.1) is 25.3 Å². The lowest BCUT2D eigenvalue weighted by molar-refractivity contribution is 0.354. The van der Waals surface area contributed by atoms with Gasteiger partial charge in [0.25, 0.3) is 0 Å². The summed E-state index contributed by atoms with van der Waals surface area (Å²) >= 11 is 0. The first kappa shape index (κ1) is 22.9. The number of hydrogen-bond acceptors (Lipinski definition) is 8. The molecule has 9 heteroatoms. The van der Waals surface area contributed by atoms with Crippen molar-refractivity contribution in [2.75, 3.05) is 14.2 Å². The van der Waals surface area contributed by atoms with Crippen LogP contribution in [0.15, 0.2) is 79.1 Å². The van der Waals surface area contributed by atoms with E-state index in [0.29, 0.717) is 51.1 Å². The van der Waals surface area contributed by atoms with Crippen LogP contribution in [0.5, 0.6) is 34.6 Å². The maximum Gasteiger partial charge on any atom is 0.228 e. The third kappa shape index (κ3) is 3.51. The molecule has 0 aliphatic carbocycles. The van der Waals surface area contributed by atoms with E-state index in [1.165, 1.54) is 6.33 Å². The SMILES string of the molecule is COc1ccc([C@H]2c3ccc(O)cc3Oc3ncn4nc(-c5ccc6ccccc6c5O)nc4c32)cc1OC. The molecule has 3 heterocycles. The number of rotatable bonds is 4. The topological polar surface area (TPSA) is 111 Å². The molecule has 9 nitrogen and oxygen atoms in total. The Balaban J connectivity index is 1.47. The highest BCUT2D eigenvalue weighted by Crippen LogP contribution is 2.50. The molecule has 0 amide bonds. The van der Waals surface area contributed by atoms with Crippen molar-refractivity contribution < 1.29 is 24.4 Å². The quantitative estimate of drug-likeness (QED) is 0.307. The second-order valence-electron chi connectivity index (χ2n) is 9.22. The van der Waals surface area contributed by atoms with Crippen molar-refractivity contribution in [1.29, 1.82) is 0 Å². The van der Waals surface area contributed by atoms with Gasteiger partial charge in [-0.1, -0.05) is 42.5 Å². The molecule has 192 valence electrons. The van der Waals surface area contributed by atoms with Crippen molar-refractivity contribution in [3.63, 3.8) is 0 Å². The molecule has 7 rings (SSSR count). The summed E-state index contributed by atoms with van der Waals surface area (Å²) in [5.74, 6) is 2.20. The van der Waals surface area contributed by atoms with Gasteiger partial charge in [-0.15, -0.1) is 5.10 Å². The molecule has 0 saturated heterocycles. The number of phenolic OH excluding ortho intramolecular Hbond substituents is 2. The average Bonchev–Trinajstić information content (AvgIpc) is 3.40. The lowest BCUT2D eigenvalue weighted by Gasteiger charge is -2.28. The van der Waals surface area contributed by atoms with Gasteiger partial charge in [0.15, 0.2) is 23.0 Å². The van der Waals surface area contributed by atoms with Crippen LogP contribution in [0.2, 0.25) is 0 Å². The van der Waals surface area contributed by atoms with Crippen LogP contribution in [0.3, 0.4) is 0 Å². The van der Waals surface area contributed by atoms with Crippen LogP contribution < -0.4 is 14.2 Å². The third-order valence-corrected chi connectivity index (χ3v) is 7.07. The van der Waals surface area contributed by atoms with Crippen LogP contribution in [0.25, 0.3) is 27.8 Å². The Morgan fingerprint density at radius 2 is 1.74 bits per heavy atom. The molecule has 6 aromatic rings. The number of phenols is 2. The summed E-state index contributed by atoms with van der Waals surface area (Å²) in [5.41, 5.74) is 3.44. The molecular weight excluding hydrogens is 496 g/mol. The third-order valence-electron chi connectivity index (χ3n) is 7.07. The summed E-state index contributed by atoms with van der Waals surface area (Å²) in [6, 6.07) is 22.1. The Morgan fingerprint density at radius 1 is 0.897 bits per heavy atom. The van der Waals surface area contributed by atoms with Crippen LogP contribution in [-0.2, 0) is 0 Å². The molecular formula is C30H22N4O5. The molecule has 0 radical (unpaired) electrons. The van der Waals surface area contributed by atoms with E-state index in [9.17, 15) is 10.2 Å². The van der Waals surface area contributed by atoms with Gasteiger partial charge in [0.2, 0.25) is 5.88 Å². The van der Waals surface area contributed by atoms with Crippen LogP contribution in [-0.4, -0.2) is 44.0 Å². The monoisotopic (exact) mass is 518 g/mol. The summed E-state index contributed by atoms with van der Waals surface area (Å²) in [6.45, 7) is 0. The summed E-state index contributed by atoms with van der Waals surface area (Å²) in [5, 5.41) is 27.5. The van der Waals surface area contributed by atoms with E-state index in [0.717, 1.165) is 16.5 Å². The number of hydrogen-bond donors (Lipinski definition) is 2. The number of benzene rings is 4. The first-order valence-electron chi connectivity index (χ1n) is 12.2. The highest BCUT2D eigenvalue weighted by molar-refractivity contribution is 5.94. The molecule has 1 atom stereocenters. The zero-order valence-corrected chi connectivity index (χ0v) is 21.0. The smallest absolute Gasteiger partial charge is 0.228 e. The van der Waals surface area contributed by atoms with Crippen LogP contribution in [0.4, 0.5) is 0 Å². The van der Waals surface area contributed by atoms with Gasteiger partial charge in [0.1, 0.15) is 23.6 Å². The van der Waals surface area contributed by atoms with Crippen LogP contribution >= 0.6 is 0 Å². The summed E-state index contributed by atoms with van der Waals surface area (Å²) < 4.78 is 18.8. The molecule has 1 aliphatic heterocycles. The summed E-state index contributed by atoms with van der Waals surface area (Å²) in [6.07, 6.45) is 1.53. The van der Waals surface area contributed by atoms with Gasteiger partial charge in [0, 0.05) is 22.9 Å². The van der Waals surface area contributed by atoms with E-state index in [2.05, 4.69) is 10.1 Å². The fourth-order valence-corrected chi connectivity index (χ4v) is 5.23. The molecule has 4 aromatic carbocycles. The molecule has 0 fully saturated rings. The lowest BCUT2D eigenvalue weighted by Crippen LogP contribution is -2.15. The van der Waals surface area contributed by atoms with Crippen LogP contribution in [0, 0.1) is 0 Å². The standard InChI is InChI=1S/C30H22N4O5/c1-37-22-12-8-17(13-24(22)38-2)25-20-11-9-18(35)14-23(20)39-30-26(25)29-32-28(33-34(29)15-31-30)21-10-7-16-5-3-4-6-19(16)27(21)36/h3-15,25,35-36H,1-2H3/t25-/m0/s1. The largest absolute Gasteiger partial charge is 0.508 e. The maximum atomic E-state index is 11.1. The fraction of sp³-hybridized carbons (Fsp3) is 0.100. The normalized spacial score (nSPS) is 14.1. The van der Waals surface area contributed by atoms with E-state index in [-0.39, 0.29) is 17.4 Å². The van der Waals surface area contributed by atoms with Gasteiger partial charge >= 0.3 is 0 Å². The number of aromatic hydroxyl groups is 2. The maximum absolute atomic E-state index is 11.1. The lowest BCUT2D eigenvalue weighted by atomic mass is 9.83. The van der Waals surface area contributed by atoms with Gasteiger partial charge in [-0.05, 0) is 35.2 Å². The Hall–Kier alpha value is -5.31. The number of ether oxygens (including phenoxy) is 3. The van der Waals surface area contributed by atoms with Gasteiger partial charge < -0.3 is 24.4 Å². The average molecular weight is 519 g/mol. The first-order chi connectivity index (χ1) is 19.1. The Morgan fingerprint density at radius 3 is 2.59 bits per heavy atom. The van der Waals surface area contributed by atoms with Crippen molar-refractivity contribution in [1.82, 2.24) is 19.6 Å². The second kappa shape index (κ2) is 8.63. The fourth-order valence-electron chi connectivity index (χ4n) is 5.23. The molecule has 0 spiro atoms. The number of nitrogens with zero attached hydrogens (tertiary/aromatic N) is 4. The highest BCUT2D eigenvalue weighted by atomic mass is 16.5. The Kier molecular flexibility index (Phi) is 5.06. The molecule has 0 saturated carbocycles. The van der Waals surface area contributed by atoms with E-state index in [4.69, 9.17) is 19.2 Å². The molecule has 0 bridgehead atoms. The summed E-state index contributed by atoms with van der Waals surface area (Å²) in [7, 11) is 3.18. The van der Waals surface area contributed by atoms with E-state index in [1.54, 1.807) is 30.9 Å². The predicted octanol–water partition coefficient (Wildman–Crippen LogP) is 5.66. The molecule has 0 unspecified atom stereocenters. The van der Waals surface area contributed by atoms with E-state index in [1.807, 2.05) is 60.7 Å². The second-order valence-corrected chi connectivity index (χ2v) is 9.22. The molecule has 2 aromatic heterocycles. The van der Waals surface area contributed by atoms with Gasteiger partial charge in [-0.3, -0.25) is 0 Å². The van der Waals surface area contributed by atoms with Crippen molar-refractivity contribution in [2.24, 2.45) is 0 Å². The summed E-state index contributed by atoms with van der Waals surface area (Å²) in [4.78, 5) is 9.42. The minimum absolute atomic E-state index is 0.0842. The minimum atomic E-state index is -0.373. The first-order valence-corrected chi connectivity index (χ1v) is 12.2. The van der Waals surface area contributed by atoms with Crippen molar-refractivity contribution >= 4 is 16.4 Å². The van der Waals surface area contributed by atoms with Crippen molar-refractivity contribution in [3.05, 3.63) is 95.8 Å². The van der Waals surface area contributed by atoms with Crippen molar-refractivity contribution in [3.8, 4) is 46.0 Å². The zero-order chi connectivity index (χ0) is 26.7. The van der Waals surface area contributed by atoms with E-state index < -0.39 is 0 Å². The molecule has 2 N–H and O–H groups in total. The predicted molar refractivity (Wildman–Crippen MR) is 144 cm³/mol. The van der Waals surface area contributed by atoms with Crippen molar-refractivity contribution in [2.45, 2.75) is 5.92 Å². The molecule has 39 heavy (non-hydrogen) atoms. The number of methoxy groups -OCH3 is 2. The van der Waals surface area contributed by atoms with E-state index >= 15 is 0 Å². The minimum Gasteiger partial charge on any atom is -0.508 e. The van der Waals surface area contributed by atoms with Gasteiger partial charge in [-0.2, -0.15) is 0 Å². The number of fused-ring (bicyclic) bond motifs is 5. The zero-order valence-electron chi connectivity index (χ0n) is 21.0. The molecule has 1 aliphatic rings. The van der Waals surface area contributed by atoms with Crippen LogP contribution in [0.1, 0.15) is 22.6 Å². The Labute approximate surface area is 222 Å².